The van der Waals surface area contributed by atoms with Crippen molar-refractivity contribution in [3.63, 3.8) is 0 Å². The molecule has 5 nitrogen and oxygen atoms in total. The number of carbonyl (C=O) groups excluding carboxylic acids is 1. The molecule has 0 fully saturated rings. The summed E-state index contributed by atoms with van der Waals surface area (Å²) in [5.41, 5.74) is 4.93. The molecular formula is C23H21N3O2S. The number of nitriles is 2. The Hall–Kier alpha value is -3.09. The highest BCUT2D eigenvalue weighted by molar-refractivity contribution is 8.00. The highest BCUT2D eigenvalue weighted by Crippen LogP contribution is 2.43. The van der Waals surface area contributed by atoms with Gasteiger partial charge in [0, 0.05) is 10.9 Å². The number of carbonyl (C=O) groups is 1. The van der Waals surface area contributed by atoms with Gasteiger partial charge in [-0.1, -0.05) is 36.0 Å². The lowest BCUT2D eigenvalue weighted by molar-refractivity contribution is -0.137. The van der Waals surface area contributed by atoms with Crippen molar-refractivity contribution in [2.45, 2.75) is 43.9 Å². The lowest BCUT2D eigenvalue weighted by Gasteiger charge is -2.28. The van der Waals surface area contributed by atoms with Crippen LogP contribution in [0.1, 0.15) is 41.3 Å². The molecule has 3 rings (SSSR count). The number of aromatic nitrogens is 1. The van der Waals surface area contributed by atoms with E-state index in [0.717, 1.165) is 35.2 Å². The van der Waals surface area contributed by atoms with Crippen LogP contribution in [0.25, 0.3) is 5.57 Å². The van der Waals surface area contributed by atoms with Gasteiger partial charge in [-0.05, 0) is 61.9 Å². The van der Waals surface area contributed by atoms with Crippen molar-refractivity contribution < 1.29 is 9.53 Å². The minimum atomic E-state index is -0.610. The van der Waals surface area contributed by atoms with Crippen LogP contribution in [0.3, 0.4) is 0 Å². The number of nitrogens with zero attached hydrogens (tertiary/aromatic N) is 3. The van der Waals surface area contributed by atoms with Crippen LogP contribution < -0.4 is 0 Å². The summed E-state index contributed by atoms with van der Waals surface area (Å²) in [6.45, 7) is 5.71. The quantitative estimate of drug-likeness (QED) is 0.424. The third kappa shape index (κ3) is 4.18. The molecule has 1 aliphatic carbocycles. The molecule has 1 unspecified atom stereocenters. The molecule has 6 heteroatoms. The zero-order chi connectivity index (χ0) is 21.0. The van der Waals surface area contributed by atoms with E-state index >= 15 is 0 Å². The predicted octanol–water partition coefficient (Wildman–Crippen LogP) is 4.52. The Balaban J connectivity index is 2.15. The van der Waals surface area contributed by atoms with E-state index in [0.29, 0.717) is 16.2 Å². The van der Waals surface area contributed by atoms with E-state index in [2.05, 4.69) is 17.1 Å². The Morgan fingerprint density at radius 3 is 2.76 bits per heavy atom. The lowest BCUT2D eigenvalue weighted by atomic mass is 9.84. The number of pyridine rings is 1. The third-order valence-electron chi connectivity index (χ3n) is 4.84. The number of aryl methyl sites for hydroxylation is 3. The number of benzene rings is 1. The Morgan fingerprint density at radius 1 is 1.31 bits per heavy atom. The highest BCUT2D eigenvalue weighted by Gasteiger charge is 2.31. The van der Waals surface area contributed by atoms with Crippen molar-refractivity contribution >= 4 is 23.3 Å². The van der Waals surface area contributed by atoms with E-state index < -0.39 is 5.97 Å². The number of rotatable bonds is 4. The third-order valence-corrected chi connectivity index (χ3v) is 6.12. The maximum atomic E-state index is 12.5. The molecule has 1 aromatic heterocycles. The topological polar surface area (TPSA) is 86.8 Å². The van der Waals surface area contributed by atoms with Crippen LogP contribution >= 0.6 is 11.8 Å². The fraction of sp³-hybridized carbons (Fsp3) is 0.304. The first-order chi connectivity index (χ1) is 14.0. The van der Waals surface area contributed by atoms with E-state index in [9.17, 15) is 15.3 Å². The zero-order valence-electron chi connectivity index (χ0n) is 16.7. The average Bonchev–Trinajstić information content (AvgIpc) is 2.70. The number of thioether (sulfide) groups is 1. The molecule has 0 aliphatic heterocycles. The Kier molecular flexibility index (Phi) is 6.36. The Bertz CT molecular complexity index is 1080. The second-order valence-corrected chi connectivity index (χ2v) is 7.99. The van der Waals surface area contributed by atoms with Gasteiger partial charge in [0.05, 0.1) is 12.2 Å². The Morgan fingerprint density at radius 2 is 2.07 bits per heavy atom. The number of hydrogen-bond donors (Lipinski definition) is 0. The first kappa shape index (κ1) is 20.6. The second-order valence-electron chi connectivity index (χ2n) is 6.80. The molecule has 0 radical (unpaired) electrons. The molecule has 146 valence electrons. The molecule has 0 N–H and O–H groups in total. The van der Waals surface area contributed by atoms with E-state index in [1.54, 1.807) is 6.92 Å². The van der Waals surface area contributed by atoms with E-state index in [4.69, 9.17) is 4.74 Å². The van der Waals surface area contributed by atoms with Crippen molar-refractivity contribution in [1.82, 2.24) is 4.98 Å². The summed E-state index contributed by atoms with van der Waals surface area (Å²) in [6.07, 6.45) is 1.56. The van der Waals surface area contributed by atoms with Gasteiger partial charge >= 0.3 is 5.97 Å². The first-order valence-electron chi connectivity index (χ1n) is 9.44. The van der Waals surface area contributed by atoms with Gasteiger partial charge in [0.2, 0.25) is 0 Å². The summed E-state index contributed by atoms with van der Waals surface area (Å²) in [5.74, 6) is -0.610. The van der Waals surface area contributed by atoms with Crippen molar-refractivity contribution in [3.8, 4) is 12.1 Å². The maximum absolute atomic E-state index is 12.5. The van der Waals surface area contributed by atoms with Crippen molar-refractivity contribution in [1.29, 1.82) is 10.5 Å². The van der Waals surface area contributed by atoms with Gasteiger partial charge in [-0.2, -0.15) is 10.5 Å². The molecule has 0 bridgehead atoms. The molecule has 1 aromatic carbocycles. The van der Waals surface area contributed by atoms with Crippen molar-refractivity contribution in [3.05, 3.63) is 63.9 Å². The molecule has 1 atom stereocenters. The van der Waals surface area contributed by atoms with Gasteiger partial charge in [-0.25, -0.2) is 9.78 Å². The molecule has 1 heterocycles. The number of esters is 1. The van der Waals surface area contributed by atoms with Crippen molar-refractivity contribution in [2.24, 2.45) is 0 Å². The maximum Gasteiger partial charge on any atom is 0.349 e. The van der Waals surface area contributed by atoms with Crippen LogP contribution in [0.2, 0.25) is 0 Å². The normalized spacial score (nSPS) is 16.9. The van der Waals surface area contributed by atoms with Crippen molar-refractivity contribution in [2.75, 3.05) is 6.61 Å². The zero-order valence-corrected chi connectivity index (χ0v) is 17.5. The SMILES string of the molecule is CCOC(=O)C(C#N)=C1c2ccccc2CCC1Sc1nc(C)cc(C)c1C#N. The largest absolute Gasteiger partial charge is 0.462 e. The summed E-state index contributed by atoms with van der Waals surface area (Å²) in [4.78, 5) is 17.1. The fourth-order valence-corrected chi connectivity index (χ4v) is 4.99. The smallest absolute Gasteiger partial charge is 0.349 e. The predicted molar refractivity (Wildman–Crippen MR) is 112 cm³/mol. The van der Waals surface area contributed by atoms with E-state index in [1.165, 1.54) is 11.8 Å². The summed E-state index contributed by atoms with van der Waals surface area (Å²) in [6, 6.07) is 14.0. The summed E-state index contributed by atoms with van der Waals surface area (Å²) in [7, 11) is 0. The molecule has 2 aromatic rings. The van der Waals surface area contributed by atoms with Crippen LogP contribution in [0.4, 0.5) is 0 Å². The van der Waals surface area contributed by atoms with E-state index in [-0.39, 0.29) is 17.4 Å². The van der Waals surface area contributed by atoms with Crippen LogP contribution in [-0.4, -0.2) is 22.8 Å². The van der Waals surface area contributed by atoms with E-state index in [1.807, 2.05) is 44.2 Å². The standard InChI is InChI=1S/C23H21N3O2S/c1-4-28-23(27)19(13-25)21-17-8-6-5-7-16(17)9-10-20(21)29-22-18(12-24)14(2)11-15(3)26-22/h5-8,11,20H,4,9-10H2,1-3H3. The fourth-order valence-electron chi connectivity index (χ4n) is 3.60. The number of fused-ring (bicyclic) bond motifs is 1. The van der Waals surface area contributed by atoms with Gasteiger partial charge in [-0.15, -0.1) is 0 Å². The van der Waals surface area contributed by atoms with Gasteiger partial charge in [-0.3, -0.25) is 0 Å². The van der Waals surface area contributed by atoms with Crippen LogP contribution in [0, 0.1) is 36.5 Å². The summed E-state index contributed by atoms with van der Waals surface area (Å²) >= 11 is 1.44. The van der Waals surface area contributed by atoms with Gasteiger partial charge in [0.1, 0.15) is 22.7 Å². The van der Waals surface area contributed by atoms with Crippen LogP contribution in [0.15, 0.2) is 40.9 Å². The Labute approximate surface area is 175 Å². The molecule has 0 saturated carbocycles. The minimum Gasteiger partial charge on any atom is -0.462 e. The van der Waals surface area contributed by atoms with Crippen LogP contribution in [-0.2, 0) is 16.0 Å². The minimum absolute atomic E-state index is 0.0272. The van der Waals surface area contributed by atoms with Gasteiger partial charge in [0.25, 0.3) is 0 Å². The van der Waals surface area contributed by atoms with Gasteiger partial charge in [0.15, 0.2) is 0 Å². The summed E-state index contributed by atoms with van der Waals surface area (Å²) in [5, 5.41) is 19.9. The molecular weight excluding hydrogens is 382 g/mol. The molecule has 29 heavy (non-hydrogen) atoms. The average molecular weight is 404 g/mol. The number of hydrogen-bond acceptors (Lipinski definition) is 6. The second kappa shape index (κ2) is 8.94. The lowest BCUT2D eigenvalue weighted by Crippen LogP contribution is -2.20. The summed E-state index contributed by atoms with van der Waals surface area (Å²) < 4.78 is 5.15. The molecule has 0 saturated heterocycles. The molecule has 0 spiro atoms. The first-order valence-corrected chi connectivity index (χ1v) is 10.3. The monoisotopic (exact) mass is 403 g/mol. The molecule has 0 amide bonds. The highest BCUT2D eigenvalue weighted by atomic mass is 32.2. The van der Waals surface area contributed by atoms with Gasteiger partial charge < -0.3 is 4.74 Å². The number of ether oxygens (including phenoxy) is 1. The van der Waals surface area contributed by atoms with Crippen LogP contribution in [0.5, 0.6) is 0 Å². The molecule has 1 aliphatic rings.